The predicted molar refractivity (Wildman–Crippen MR) is 82.4 cm³/mol. The number of nitrogens with zero attached hydrogens (tertiary/aromatic N) is 1. The molecule has 0 saturated carbocycles. The molecule has 0 heterocycles. The summed E-state index contributed by atoms with van der Waals surface area (Å²) in [5, 5.41) is 10.6. The second-order valence-corrected chi connectivity index (χ2v) is 5.10. The van der Waals surface area contributed by atoms with Gasteiger partial charge in [0.1, 0.15) is 6.61 Å². The van der Waals surface area contributed by atoms with E-state index in [-0.39, 0.29) is 24.2 Å². The summed E-state index contributed by atoms with van der Waals surface area (Å²) in [5.41, 5.74) is 1.84. The summed E-state index contributed by atoms with van der Waals surface area (Å²) in [5.74, 6) is -0.194. The number of nitro benzene ring substituents is 1. The summed E-state index contributed by atoms with van der Waals surface area (Å²) >= 11 is 0. The maximum atomic E-state index is 11.8. The van der Waals surface area contributed by atoms with Gasteiger partial charge in [0.25, 0.3) is 5.69 Å². The third kappa shape index (κ3) is 4.41. The number of benzene rings is 2. The van der Waals surface area contributed by atoms with E-state index in [4.69, 9.17) is 4.74 Å². The normalized spacial score (nSPS) is 11.7. The molecule has 0 N–H and O–H groups in total. The van der Waals surface area contributed by atoms with Gasteiger partial charge in [-0.15, -0.1) is 0 Å². The molecular weight excluding hydrogens is 282 g/mol. The van der Waals surface area contributed by atoms with Gasteiger partial charge in [-0.3, -0.25) is 14.9 Å². The van der Waals surface area contributed by atoms with E-state index in [0.29, 0.717) is 6.42 Å². The zero-order chi connectivity index (χ0) is 15.9. The molecule has 1 unspecified atom stereocenters. The summed E-state index contributed by atoms with van der Waals surface area (Å²) < 4.78 is 5.21. The lowest BCUT2D eigenvalue weighted by Gasteiger charge is -2.11. The standard InChI is InChI=1S/C17H17NO4/c1-13(15-5-3-2-4-6-15)11-17(19)22-12-14-7-9-16(10-8-14)18(20)21/h2-10,13H,11-12H2,1H3. The molecule has 0 aliphatic rings. The van der Waals surface area contributed by atoms with E-state index >= 15 is 0 Å². The van der Waals surface area contributed by atoms with Crippen molar-refractivity contribution in [3.05, 3.63) is 75.8 Å². The molecule has 1 atom stereocenters. The van der Waals surface area contributed by atoms with Crippen LogP contribution in [0.25, 0.3) is 0 Å². The molecule has 2 aromatic carbocycles. The van der Waals surface area contributed by atoms with Crippen molar-refractivity contribution in [3.8, 4) is 0 Å². The van der Waals surface area contributed by atoms with E-state index in [1.54, 1.807) is 12.1 Å². The summed E-state index contributed by atoms with van der Waals surface area (Å²) in [6.45, 7) is 2.10. The monoisotopic (exact) mass is 299 g/mol. The van der Waals surface area contributed by atoms with Crippen LogP contribution in [0.1, 0.15) is 30.4 Å². The van der Waals surface area contributed by atoms with Crippen LogP contribution in [0.5, 0.6) is 0 Å². The summed E-state index contributed by atoms with van der Waals surface area (Å²) in [6.07, 6.45) is 0.303. The number of carbonyl (C=O) groups is 1. The van der Waals surface area contributed by atoms with Crippen molar-refractivity contribution in [3.63, 3.8) is 0 Å². The van der Waals surface area contributed by atoms with Crippen molar-refractivity contribution in [1.82, 2.24) is 0 Å². The molecule has 5 heteroatoms. The number of hydrogen-bond acceptors (Lipinski definition) is 4. The van der Waals surface area contributed by atoms with E-state index in [0.717, 1.165) is 11.1 Å². The Morgan fingerprint density at radius 3 is 2.36 bits per heavy atom. The van der Waals surface area contributed by atoms with Gasteiger partial charge in [0.2, 0.25) is 0 Å². The number of non-ortho nitro benzene ring substituents is 1. The molecule has 0 amide bonds. The number of esters is 1. The highest BCUT2D eigenvalue weighted by atomic mass is 16.6. The average molecular weight is 299 g/mol. The minimum atomic E-state index is -0.461. The van der Waals surface area contributed by atoms with Gasteiger partial charge < -0.3 is 4.74 Å². The minimum Gasteiger partial charge on any atom is -0.461 e. The van der Waals surface area contributed by atoms with Gasteiger partial charge in [0, 0.05) is 12.1 Å². The first-order chi connectivity index (χ1) is 10.6. The summed E-state index contributed by atoms with van der Waals surface area (Å²) in [7, 11) is 0. The van der Waals surface area contributed by atoms with Crippen molar-refractivity contribution < 1.29 is 14.5 Å². The Hall–Kier alpha value is -2.69. The van der Waals surface area contributed by atoms with Crippen LogP contribution >= 0.6 is 0 Å². The van der Waals surface area contributed by atoms with Crippen molar-refractivity contribution >= 4 is 11.7 Å². The van der Waals surface area contributed by atoms with Crippen LogP contribution in [0.3, 0.4) is 0 Å². The molecule has 114 valence electrons. The molecule has 2 rings (SSSR count). The van der Waals surface area contributed by atoms with E-state index in [1.165, 1.54) is 12.1 Å². The average Bonchev–Trinajstić information content (AvgIpc) is 2.54. The minimum absolute atomic E-state index is 0.0211. The van der Waals surface area contributed by atoms with Crippen molar-refractivity contribution in [2.24, 2.45) is 0 Å². The Labute approximate surface area is 128 Å². The van der Waals surface area contributed by atoms with Gasteiger partial charge in [-0.1, -0.05) is 37.3 Å². The highest BCUT2D eigenvalue weighted by Crippen LogP contribution is 2.19. The Morgan fingerprint density at radius 2 is 1.77 bits per heavy atom. The lowest BCUT2D eigenvalue weighted by Crippen LogP contribution is -2.08. The van der Waals surface area contributed by atoms with Gasteiger partial charge in [-0.25, -0.2) is 0 Å². The Kier molecular flexibility index (Phi) is 5.25. The number of nitro groups is 1. The van der Waals surface area contributed by atoms with E-state index in [2.05, 4.69) is 0 Å². The summed E-state index contributed by atoms with van der Waals surface area (Å²) in [6, 6.07) is 15.7. The highest BCUT2D eigenvalue weighted by molar-refractivity contribution is 5.70. The van der Waals surface area contributed by atoms with Crippen LogP contribution < -0.4 is 0 Å². The van der Waals surface area contributed by atoms with Crippen LogP contribution in [0, 0.1) is 10.1 Å². The zero-order valence-electron chi connectivity index (χ0n) is 12.3. The molecule has 0 aromatic heterocycles. The number of ether oxygens (including phenoxy) is 1. The molecule has 0 spiro atoms. The third-order valence-corrected chi connectivity index (χ3v) is 3.39. The van der Waals surface area contributed by atoms with Gasteiger partial charge in [-0.05, 0) is 29.2 Å². The SMILES string of the molecule is CC(CC(=O)OCc1ccc([N+](=O)[O-])cc1)c1ccccc1. The quantitative estimate of drug-likeness (QED) is 0.462. The second-order valence-electron chi connectivity index (χ2n) is 5.10. The summed E-state index contributed by atoms with van der Waals surface area (Å²) in [4.78, 5) is 21.9. The topological polar surface area (TPSA) is 69.4 Å². The van der Waals surface area contributed by atoms with E-state index in [1.807, 2.05) is 37.3 Å². The van der Waals surface area contributed by atoms with Crippen LogP contribution in [-0.4, -0.2) is 10.9 Å². The zero-order valence-corrected chi connectivity index (χ0v) is 12.3. The van der Waals surface area contributed by atoms with Gasteiger partial charge >= 0.3 is 5.97 Å². The predicted octanol–water partition coefficient (Wildman–Crippen LogP) is 3.83. The van der Waals surface area contributed by atoms with Crippen LogP contribution in [-0.2, 0) is 16.1 Å². The molecule has 0 aliphatic carbocycles. The molecule has 22 heavy (non-hydrogen) atoms. The molecule has 0 aliphatic heterocycles. The fourth-order valence-corrected chi connectivity index (χ4v) is 2.09. The first-order valence-corrected chi connectivity index (χ1v) is 7.00. The molecule has 0 saturated heterocycles. The fourth-order valence-electron chi connectivity index (χ4n) is 2.09. The van der Waals surface area contributed by atoms with Crippen LogP contribution in [0.4, 0.5) is 5.69 Å². The van der Waals surface area contributed by atoms with Gasteiger partial charge in [0.15, 0.2) is 0 Å². The lowest BCUT2D eigenvalue weighted by atomic mass is 9.98. The van der Waals surface area contributed by atoms with Crippen molar-refractivity contribution in [2.75, 3.05) is 0 Å². The van der Waals surface area contributed by atoms with Crippen LogP contribution in [0.15, 0.2) is 54.6 Å². The molecular formula is C17H17NO4. The second kappa shape index (κ2) is 7.36. The van der Waals surface area contributed by atoms with Crippen molar-refractivity contribution in [2.45, 2.75) is 25.9 Å². The molecule has 0 fully saturated rings. The number of rotatable bonds is 6. The van der Waals surface area contributed by atoms with E-state index < -0.39 is 4.92 Å². The van der Waals surface area contributed by atoms with Gasteiger partial charge in [0.05, 0.1) is 11.3 Å². The highest BCUT2D eigenvalue weighted by Gasteiger charge is 2.12. The van der Waals surface area contributed by atoms with E-state index in [9.17, 15) is 14.9 Å². The first-order valence-electron chi connectivity index (χ1n) is 7.00. The number of hydrogen-bond donors (Lipinski definition) is 0. The third-order valence-electron chi connectivity index (χ3n) is 3.39. The maximum absolute atomic E-state index is 11.8. The Balaban J connectivity index is 1.83. The largest absolute Gasteiger partial charge is 0.461 e. The van der Waals surface area contributed by atoms with Crippen molar-refractivity contribution in [1.29, 1.82) is 0 Å². The Morgan fingerprint density at radius 1 is 1.14 bits per heavy atom. The molecule has 2 aromatic rings. The first kappa shape index (κ1) is 15.7. The molecule has 0 radical (unpaired) electrons. The smallest absolute Gasteiger partial charge is 0.306 e. The fraction of sp³-hybridized carbons (Fsp3) is 0.235. The molecule has 5 nitrogen and oxygen atoms in total. The maximum Gasteiger partial charge on any atom is 0.306 e. The lowest BCUT2D eigenvalue weighted by molar-refractivity contribution is -0.384. The van der Waals surface area contributed by atoms with Crippen LogP contribution in [0.2, 0.25) is 0 Å². The Bertz CT molecular complexity index is 637. The molecule has 0 bridgehead atoms. The number of carbonyl (C=O) groups excluding carboxylic acids is 1. The van der Waals surface area contributed by atoms with Gasteiger partial charge in [-0.2, -0.15) is 0 Å².